The number of allylic oxidation sites excluding steroid dienone is 4. The lowest BCUT2D eigenvalue weighted by Gasteiger charge is -2.39. The van der Waals surface area contributed by atoms with E-state index >= 15 is 0 Å². The quantitative estimate of drug-likeness (QED) is 0.390. The molecule has 0 amide bonds. The number of hydrogen-bond donors (Lipinski definition) is 1. The summed E-state index contributed by atoms with van der Waals surface area (Å²) in [6.45, 7) is 8.64. The van der Waals surface area contributed by atoms with E-state index in [1.165, 1.54) is 19.3 Å². The van der Waals surface area contributed by atoms with E-state index in [1.807, 2.05) is 19.9 Å². The molecule has 4 nitrogen and oxygen atoms in total. The number of Topliss-reactive ketones (excluding diaryl/α,β-unsaturated/α-hetero) is 3. The highest BCUT2D eigenvalue weighted by Gasteiger charge is 2.56. The van der Waals surface area contributed by atoms with Crippen LogP contribution in [0.25, 0.3) is 0 Å². The van der Waals surface area contributed by atoms with Gasteiger partial charge >= 0.3 is 0 Å². The second-order valence-corrected chi connectivity index (χ2v) is 9.29. The molecule has 0 bridgehead atoms. The Bertz CT molecular complexity index is 685. The molecule has 0 saturated heterocycles. The lowest BCUT2D eigenvalue weighted by Crippen LogP contribution is -2.51. The molecule has 1 fully saturated rings. The molecule has 1 saturated carbocycles. The van der Waals surface area contributed by atoms with Crippen molar-refractivity contribution in [3.63, 3.8) is 0 Å². The summed E-state index contributed by atoms with van der Waals surface area (Å²) in [7, 11) is 0. The molecule has 0 spiro atoms. The van der Waals surface area contributed by atoms with Crippen LogP contribution in [0.15, 0.2) is 23.0 Å². The molecule has 4 heteroatoms. The Labute approximate surface area is 163 Å². The highest BCUT2D eigenvalue weighted by Crippen LogP contribution is 2.46. The van der Waals surface area contributed by atoms with Crippen molar-refractivity contribution < 1.29 is 19.5 Å². The maximum atomic E-state index is 13.2. The summed E-state index contributed by atoms with van der Waals surface area (Å²) >= 11 is 0. The van der Waals surface area contributed by atoms with Crippen LogP contribution >= 0.6 is 0 Å². The largest absolute Gasteiger partial charge is 0.510 e. The number of carbonyl (C=O) groups is 3. The van der Waals surface area contributed by atoms with E-state index in [9.17, 15) is 19.5 Å². The van der Waals surface area contributed by atoms with Gasteiger partial charge in [-0.25, -0.2) is 0 Å². The molecule has 0 aromatic carbocycles. The van der Waals surface area contributed by atoms with E-state index in [0.717, 1.165) is 24.8 Å². The number of aliphatic hydroxyl groups is 1. The number of hydrogen-bond acceptors (Lipinski definition) is 4. The SMILES string of the molecule is CC(C)=CCC1(C)C(=O)C(C(=O)CCC2CCCCC2)=C(O)C(C)(C)C1=O. The third-order valence-corrected chi connectivity index (χ3v) is 6.33. The van der Waals surface area contributed by atoms with E-state index in [-0.39, 0.29) is 35.7 Å². The van der Waals surface area contributed by atoms with Crippen molar-refractivity contribution in [1.29, 1.82) is 0 Å². The number of aliphatic hydroxyl groups excluding tert-OH is 1. The second kappa shape index (κ2) is 8.12. The molecule has 0 radical (unpaired) electrons. The third-order valence-electron chi connectivity index (χ3n) is 6.33. The van der Waals surface area contributed by atoms with Gasteiger partial charge in [0.25, 0.3) is 0 Å². The Morgan fingerprint density at radius 3 is 2.26 bits per heavy atom. The predicted molar refractivity (Wildman–Crippen MR) is 106 cm³/mol. The van der Waals surface area contributed by atoms with Crippen LogP contribution in [-0.4, -0.2) is 22.5 Å². The lowest BCUT2D eigenvalue weighted by atomic mass is 9.60. The van der Waals surface area contributed by atoms with Gasteiger partial charge in [-0.05, 0) is 53.4 Å². The van der Waals surface area contributed by atoms with Gasteiger partial charge in [-0.3, -0.25) is 14.4 Å². The zero-order valence-corrected chi connectivity index (χ0v) is 17.5. The first-order valence-corrected chi connectivity index (χ1v) is 10.2. The Kier molecular flexibility index (Phi) is 6.49. The Morgan fingerprint density at radius 1 is 1.11 bits per heavy atom. The molecule has 2 aliphatic rings. The van der Waals surface area contributed by atoms with Crippen LogP contribution < -0.4 is 0 Å². The Balaban J connectivity index is 2.30. The van der Waals surface area contributed by atoms with E-state index in [0.29, 0.717) is 5.92 Å². The van der Waals surface area contributed by atoms with Crippen LogP contribution in [0.2, 0.25) is 0 Å². The van der Waals surface area contributed by atoms with Gasteiger partial charge in [0.15, 0.2) is 17.3 Å². The standard InChI is InChI=1S/C23H34O4/c1-15(2)13-14-23(5)20(26)18(19(25)22(3,4)21(23)27)17(24)12-11-16-9-7-6-8-10-16/h13,16,25H,6-12,14H2,1-5H3. The van der Waals surface area contributed by atoms with E-state index in [2.05, 4.69) is 0 Å². The van der Waals surface area contributed by atoms with Crippen molar-refractivity contribution in [1.82, 2.24) is 0 Å². The Morgan fingerprint density at radius 2 is 1.70 bits per heavy atom. The predicted octanol–water partition coefficient (Wildman–Crippen LogP) is 5.27. The molecule has 0 heterocycles. The normalized spacial score (nSPS) is 26.3. The second-order valence-electron chi connectivity index (χ2n) is 9.29. The molecule has 0 aromatic heterocycles. The Hall–Kier alpha value is -1.71. The van der Waals surface area contributed by atoms with Gasteiger partial charge in [-0.15, -0.1) is 0 Å². The fraction of sp³-hybridized carbons (Fsp3) is 0.696. The molecule has 0 aliphatic heterocycles. The minimum Gasteiger partial charge on any atom is -0.510 e. The van der Waals surface area contributed by atoms with Crippen LogP contribution in [0.4, 0.5) is 0 Å². The van der Waals surface area contributed by atoms with Crippen molar-refractivity contribution in [2.45, 2.75) is 86.0 Å². The molecular formula is C23H34O4. The average Bonchev–Trinajstić information content (AvgIpc) is 2.63. The van der Waals surface area contributed by atoms with Gasteiger partial charge in [-0.2, -0.15) is 0 Å². The molecule has 27 heavy (non-hydrogen) atoms. The van der Waals surface area contributed by atoms with Crippen molar-refractivity contribution in [3.05, 3.63) is 23.0 Å². The molecular weight excluding hydrogens is 340 g/mol. The molecule has 1 unspecified atom stereocenters. The van der Waals surface area contributed by atoms with Gasteiger partial charge in [0.2, 0.25) is 0 Å². The van der Waals surface area contributed by atoms with Crippen LogP contribution in [0.5, 0.6) is 0 Å². The topological polar surface area (TPSA) is 71.4 Å². The molecule has 2 rings (SSSR count). The molecule has 0 aromatic rings. The van der Waals surface area contributed by atoms with Crippen molar-refractivity contribution in [2.24, 2.45) is 16.7 Å². The summed E-state index contributed by atoms with van der Waals surface area (Å²) in [5.41, 5.74) is -1.66. The van der Waals surface area contributed by atoms with Crippen LogP contribution in [0.3, 0.4) is 0 Å². The van der Waals surface area contributed by atoms with Crippen molar-refractivity contribution in [2.75, 3.05) is 0 Å². The summed E-state index contributed by atoms with van der Waals surface area (Å²) in [6, 6.07) is 0. The molecule has 1 N–H and O–H groups in total. The van der Waals surface area contributed by atoms with Gasteiger partial charge in [0.05, 0.1) is 10.8 Å². The summed E-state index contributed by atoms with van der Waals surface area (Å²) in [5, 5.41) is 10.7. The molecule has 2 aliphatic carbocycles. The number of carbonyl (C=O) groups excluding carboxylic acids is 3. The summed E-state index contributed by atoms with van der Waals surface area (Å²) in [4.78, 5) is 39.1. The summed E-state index contributed by atoms with van der Waals surface area (Å²) in [6.07, 6.45) is 9.06. The van der Waals surface area contributed by atoms with E-state index in [4.69, 9.17) is 0 Å². The first-order valence-electron chi connectivity index (χ1n) is 10.2. The first kappa shape index (κ1) is 21.6. The zero-order valence-electron chi connectivity index (χ0n) is 17.5. The average molecular weight is 375 g/mol. The summed E-state index contributed by atoms with van der Waals surface area (Å²) in [5.74, 6) is -0.974. The fourth-order valence-corrected chi connectivity index (χ4v) is 4.38. The molecule has 150 valence electrons. The first-order chi connectivity index (χ1) is 12.5. The van der Waals surface area contributed by atoms with Crippen LogP contribution in [0, 0.1) is 16.7 Å². The van der Waals surface area contributed by atoms with Crippen molar-refractivity contribution in [3.8, 4) is 0 Å². The molecule has 1 atom stereocenters. The van der Waals surface area contributed by atoms with Gasteiger partial charge in [0, 0.05) is 6.42 Å². The van der Waals surface area contributed by atoms with Crippen LogP contribution in [-0.2, 0) is 14.4 Å². The zero-order chi connectivity index (χ0) is 20.4. The highest BCUT2D eigenvalue weighted by atomic mass is 16.3. The van der Waals surface area contributed by atoms with E-state index < -0.39 is 16.6 Å². The smallest absolute Gasteiger partial charge is 0.183 e. The van der Waals surface area contributed by atoms with E-state index in [1.54, 1.807) is 20.8 Å². The maximum absolute atomic E-state index is 13.2. The van der Waals surface area contributed by atoms with Crippen molar-refractivity contribution >= 4 is 17.3 Å². The number of rotatable bonds is 6. The highest BCUT2D eigenvalue weighted by molar-refractivity contribution is 6.30. The van der Waals surface area contributed by atoms with Gasteiger partial charge in [0.1, 0.15) is 11.3 Å². The third kappa shape index (κ3) is 4.25. The van der Waals surface area contributed by atoms with Gasteiger partial charge in [-0.1, -0.05) is 43.8 Å². The maximum Gasteiger partial charge on any atom is 0.183 e. The fourth-order valence-electron chi connectivity index (χ4n) is 4.38. The minimum absolute atomic E-state index is 0.139. The van der Waals surface area contributed by atoms with Crippen LogP contribution in [0.1, 0.15) is 86.0 Å². The monoisotopic (exact) mass is 374 g/mol. The number of ketones is 3. The lowest BCUT2D eigenvalue weighted by molar-refractivity contribution is -0.146. The van der Waals surface area contributed by atoms with Gasteiger partial charge < -0.3 is 5.11 Å². The minimum atomic E-state index is -1.30. The summed E-state index contributed by atoms with van der Waals surface area (Å²) < 4.78 is 0.